The maximum atomic E-state index is 7.71. The van der Waals surface area contributed by atoms with Crippen molar-refractivity contribution < 1.29 is 4.74 Å². The van der Waals surface area contributed by atoms with E-state index in [9.17, 15) is 0 Å². The summed E-state index contributed by atoms with van der Waals surface area (Å²) in [7, 11) is 0. The molecule has 110 valence electrons. The van der Waals surface area contributed by atoms with Gasteiger partial charge in [-0.2, -0.15) is 0 Å². The number of ether oxygens (including phenoxy) is 1. The molecule has 0 saturated carbocycles. The zero-order chi connectivity index (χ0) is 15.7. The van der Waals surface area contributed by atoms with Gasteiger partial charge in [0.15, 0.2) is 0 Å². The number of hydrogen-bond acceptors (Lipinski definition) is 3. The predicted octanol–water partition coefficient (Wildman–Crippen LogP) is 4.05. The third-order valence-corrected chi connectivity index (χ3v) is 3.80. The third-order valence-electron chi connectivity index (χ3n) is 3.20. The minimum Gasteiger partial charge on any atom is -0.456 e. The molecule has 4 nitrogen and oxygen atoms in total. The Morgan fingerprint density at radius 1 is 1.14 bits per heavy atom. The first-order valence-electron chi connectivity index (χ1n) is 6.57. The molecule has 5 heteroatoms. The highest BCUT2D eigenvalue weighted by molar-refractivity contribution is 6.32. The minimum atomic E-state index is -0.0580. The van der Waals surface area contributed by atoms with Crippen molar-refractivity contribution in [3.05, 3.63) is 51.3 Å². The van der Waals surface area contributed by atoms with Gasteiger partial charge in [0.2, 0.25) is 0 Å². The van der Waals surface area contributed by atoms with E-state index in [4.69, 9.17) is 27.5 Å². The highest BCUT2D eigenvalue weighted by atomic mass is 35.5. The van der Waals surface area contributed by atoms with Crippen molar-refractivity contribution in [3.8, 4) is 11.5 Å². The first-order chi connectivity index (χ1) is 9.79. The average Bonchev–Trinajstić information content (AvgIpc) is 2.34. The largest absolute Gasteiger partial charge is 0.456 e. The van der Waals surface area contributed by atoms with Gasteiger partial charge in [0.25, 0.3) is 0 Å². The molecule has 0 saturated heterocycles. The molecule has 1 aromatic heterocycles. The van der Waals surface area contributed by atoms with E-state index in [1.807, 2.05) is 39.8 Å². The molecule has 0 aliphatic heterocycles. The Morgan fingerprint density at radius 3 is 2.24 bits per heavy atom. The molecule has 21 heavy (non-hydrogen) atoms. The van der Waals surface area contributed by atoms with Gasteiger partial charge in [-0.3, -0.25) is 10.4 Å². The summed E-state index contributed by atoms with van der Waals surface area (Å²) in [5.74, 6) is 1.15. The number of rotatable bonds is 3. The van der Waals surface area contributed by atoms with Crippen LogP contribution in [0.1, 0.15) is 28.1 Å². The fourth-order valence-corrected chi connectivity index (χ4v) is 2.40. The van der Waals surface area contributed by atoms with Crippen LogP contribution in [0.2, 0.25) is 5.02 Å². The van der Waals surface area contributed by atoms with Crippen molar-refractivity contribution in [1.82, 2.24) is 4.98 Å². The van der Waals surface area contributed by atoms with Crippen molar-refractivity contribution in [2.75, 3.05) is 0 Å². The highest BCUT2D eigenvalue weighted by Gasteiger charge is 2.14. The molecule has 1 aromatic carbocycles. The quantitative estimate of drug-likeness (QED) is 0.664. The van der Waals surface area contributed by atoms with Gasteiger partial charge in [-0.05, 0) is 51.0 Å². The second-order valence-electron chi connectivity index (χ2n) is 5.11. The normalized spacial score (nSPS) is 10.5. The van der Waals surface area contributed by atoms with E-state index < -0.39 is 0 Å². The molecule has 0 fully saturated rings. The summed E-state index contributed by atoms with van der Waals surface area (Å²) >= 11 is 6.17. The van der Waals surface area contributed by atoms with Crippen LogP contribution in [0, 0.1) is 33.1 Å². The third kappa shape index (κ3) is 3.16. The molecular formula is C16H18ClN3O. The average molecular weight is 304 g/mol. The Bertz CT molecular complexity index is 703. The Balaban J connectivity index is 2.51. The van der Waals surface area contributed by atoms with Gasteiger partial charge < -0.3 is 10.5 Å². The maximum absolute atomic E-state index is 7.71. The molecule has 2 rings (SSSR count). The van der Waals surface area contributed by atoms with E-state index in [1.54, 1.807) is 6.07 Å². The van der Waals surface area contributed by atoms with Gasteiger partial charge >= 0.3 is 0 Å². The monoisotopic (exact) mass is 303 g/mol. The lowest BCUT2D eigenvalue weighted by Crippen LogP contribution is -2.15. The standard InChI is InChI=1S/C16H18ClN3O/c1-8-5-12(6-9(2)15(8)17)21-13-7-10(3)20-11(4)14(13)16(18)19/h5-7H,1-4H3,(H3,18,19). The second kappa shape index (κ2) is 5.74. The number of nitrogens with one attached hydrogen (secondary N) is 1. The smallest absolute Gasteiger partial charge is 0.141 e. The summed E-state index contributed by atoms with van der Waals surface area (Å²) in [5.41, 5.74) is 9.55. The molecule has 0 radical (unpaired) electrons. The topological polar surface area (TPSA) is 72.0 Å². The Kier molecular flexibility index (Phi) is 4.19. The molecule has 0 aliphatic rings. The van der Waals surface area contributed by atoms with Crippen LogP contribution in [-0.4, -0.2) is 10.8 Å². The zero-order valence-corrected chi connectivity index (χ0v) is 13.3. The van der Waals surface area contributed by atoms with Crippen molar-refractivity contribution in [2.45, 2.75) is 27.7 Å². The molecule has 2 aromatic rings. The summed E-state index contributed by atoms with van der Waals surface area (Å²) in [5, 5.41) is 8.44. The predicted molar refractivity (Wildman–Crippen MR) is 85.7 cm³/mol. The first kappa shape index (κ1) is 15.3. The number of halogens is 1. The molecule has 0 bridgehead atoms. The number of nitrogens with two attached hydrogens (primary N) is 1. The van der Waals surface area contributed by atoms with Crippen molar-refractivity contribution in [3.63, 3.8) is 0 Å². The number of amidine groups is 1. The molecular weight excluding hydrogens is 286 g/mol. The van der Waals surface area contributed by atoms with E-state index >= 15 is 0 Å². The van der Waals surface area contributed by atoms with Gasteiger partial charge in [-0.1, -0.05) is 11.6 Å². The Hall–Kier alpha value is -2.07. The summed E-state index contributed by atoms with van der Waals surface area (Å²) in [6.45, 7) is 7.55. The Labute approximate surface area is 129 Å². The molecule has 0 unspecified atom stereocenters. The number of hydrogen-bond donors (Lipinski definition) is 2. The van der Waals surface area contributed by atoms with Gasteiger partial charge in [0.05, 0.1) is 11.3 Å². The minimum absolute atomic E-state index is 0.0580. The van der Waals surface area contributed by atoms with E-state index in [0.29, 0.717) is 22.8 Å². The lowest BCUT2D eigenvalue weighted by atomic mass is 10.1. The van der Waals surface area contributed by atoms with Crippen LogP contribution in [0.25, 0.3) is 0 Å². The number of nitrogen functional groups attached to an aromatic ring is 1. The maximum Gasteiger partial charge on any atom is 0.141 e. The van der Waals surface area contributed by atoms with Crippen molar-refractivity contribution >= 4 is 17.4 Å². The van der Waals surface area contributed by atoms with Crippen LogP contribution in [0.15, 0.2) is 18.2 Å². The molecule has 0 atom stereocenters. The number of benzene rings is 1. The van der Waals surface area contributed by atoms with Crippen LogP contribution in [0.3, 0.4) is 0 Å². The number of pyridine rings is 1. The van der Waals surface area contributed by atoms with Gasteiger partial charge in [0.1, 0.15) is 17.3 Å². The number of aromatic nitrogens is 1. The van der Waals surface area contributed by atoms with E-state index in [0.717, 1.165) is 21.8 Å². The fraction of sp³-hybridized carbons (Fsp3) is 0.250. The molecule has 1 heterocycles. The lowest BCUT2D eigenvalue weighted by molar-refractivity contribution is 0.478. The molecule has 0 aliphatic carbocycles. The van der Waals surface area contributed by atoms with Crippen LogP contribution in [0.4, 0.5) is 0 Å². The van der Waals surface area contributed by atoms with Crippen LogP contribution in [0.5, 0.6) is 11.5 Å². The summed E-state index contributed by atoms with van der Waals surface area (Å²) in [4.78, 5) is 4.32. The number of aryl methyl sites for hydroxylation is 4. The van der Waals surface area contributed by atoms with Crippen molar-refractivity contribution in [2.24, 2.45) is 5.73 Å². The lowest BCUT2D eigenvalue weighted by Gasteiger charge is -2.14. The molecule has 3 N–H and O–H groups in total. The van der Waals surface area contributed by atoms with Gasteiger partial charge in [0, 0.05) is 16.8 Å². The Morgan fingerprint density at radius 2 is 1.71 bits per heavy atom. The number of nitrogens with zero attached hydrogens (tertiary/aromatic N) is 1. The summed E-state index contributed by atoms with van der Waals surface area (Å²) in [6.07, 6.45) is 0. The van der Waals surface area contributed by atoms with Crippen LogP contribution < -0.4 is 10.5 Å². The van der Waals surface area contributed by atoms with Gasteiger partial charge in [-0.15, -0.1) is 0 Å². The highest BCUT2D eigenvalue weighted by Crippen LogP contribution is 2.31. The van der Waals surface area contributed by atoms with Crippen molar-refractivity contribution in [1.29, 1.82) is 5.41 Å². The SMILES string of the molecule is Cc1cc(Oc2cc(C)c(Cl)c(C)c2)c(C(=N)N)c(C)n1. The fourth-order valence-electron chi connectivity index (χ4n) is 2.29. The van der Waals surface area contributed by atoms with E-state index in [2.05, 4.69) is 4.98 Å². The molecule has 0 spiro atoms. The van der Waals surface area contributed by atoms with E-state index in [1.165, 1.54) is 0 Å². The van der Waals surface area contributed by atoms with Crippen LogP contribution >= 0.6 is 11.6 Å². The zero-order valence-electron chi connectivity index (χ0n) is 12.5. The first-order valence-corrected chi connectivity index (χ1v) is 6.94. The second-order valence-corrected chi connectivity index (χ2v) is 5.49. The van der Waals surface area contributed by atoms with Gasteiger partial charge in [-0.25, -0.2) is 0 Å². The summed E-state index contributed by atoms with van der Waals surface area (Å²) in [6, 6.07) is 5.51. The van der Waals surface area contributed by atoms with Crippen LogP contribution in [-0.2, 0) is 0 Å². The molecule has 0 amide bonds. The summed E-state index contributed by atoms with van der Waals surface area (Å²) < 4.78 is 5.93. The van der Waals surface area contributed by atoms with E-state index in [-0.39, 0.29) is 5.84 Å².